The highest BCUT2D eigenvalue weighted by molar-refractivity contribution is 8.00. The van der Waals surface area contributed by atoms with Crippen molar-refractivity contribution in [1.82, 2.24) is 25.1 Å². The Bertz CT molecular complexity index is 1120. The number of thioether (sulfide) groups is 2. The van der Waals surface area contributed by atoms with Crippen LogP contribution in [0, 0.1) is 0 Å². The Labute approximate surface area is 187 Å². The first kappa shape index (κ1) is 21.6. The molecule has 1 fully saturated rings. The van der Waals surface area contributed by atoms with E-state index < -0.39 is 9.84 Å². The van der Waals surface area contributed by atoms with Gasteiger partial charge in [0.05, 0.1) is 33.2 Å². The quantitative estimate of drug-likeness (QED) is 0.487. The predicted octanol–water partition coefficient (Wildman–Crippen LogP) is 2.60. The van der Waals surface area contributed by atoms with Gasteiger partial charge in [-0.2, -0.15) is 0 Å². The second kappa shape index (κ2) is 9.25. The van der Waals surface area contributed by atoms with E-state index in [1.54, 1.807) is 23.1 Å². The number of nitrogens with one attached hydrogen (secondary N) is 1. The fourth-order valence-corrected chi connectivity index (χ4v) is 7.71. The smallest absolute Gasteiger partial charge is 0.230 e. The number of fused-ring (bicyclic) bond motifs is 1. The SMILES string of the molecule is CCn1c(CSc2nc3ccccc3s2)nnc1SCC(=O)N[C@H]1CCS(=O)(=O)C1. The molecule has 1 atom stereocenters. The molecule has 2 aromatic heterocycles. The van der Waals surface area contributed by atoms with Crippen LogP contribution in [0.5, 0.6) is 0 Å². The van der Waals surface area contributed by atoms with Gasteiger partial charge in [0.15, 0.2) is 19.3 Å². The largest absolute Gasteiger partial charge is 0.352 e. The van der Waals surface area contributed by atoms with Gasteiger partial charge in [-0.3, -0.25) is 4.79 Å². The van der Waals surface area contributed by atoms with Gasteiger partial charge >= 0.3 is 0 Å². The van der Waals surface area contributed by atoms with Gasteiger partial charge in [-0.05, 0) is 25.5 Å². The number of aromatic nitrogens is 4. The molecule has 12 heteroatoms. The Hall–Kier alpha value is -1.63. The summed E-state index contributed by atoms with van der Waals surface area (Å²) in [5, 5.41) is 12.0. The van der Waals surface area contributed by atoms with Gasteiger partial charge in [-0.1, -0.05) is 35.7 Å². The lowest BCUT2D eigenvalue weighted by atomic mass is 10.3. The predicted molar refractivity (Wildman–Crippen MR) is 121 cm³/mol. The topological polar surface area (TPSA) is 107 Å². The van der Waals surface area contributed by atoms with Gasteiger partial charge in [0, 0.05) is 12.6 Å². The average molecular weight is 484 g/mol. The van der Waals surface area contributed by atoms with E-state index in [4.69, 9.17) is 0 Å². The number of rotatable bonds is 8. The Morgan fingerprint density at radius 3 is 2.87 bits per heavy atom. The molecule has 0 radical (unpaired) electrons. The molecule has 8 nitrogen and oxygen atoms in total. The first-order valence-electron chi connectivity index (χ1n) is 9.46. The van der Waals surface area contributed by atoms with Crippen LogP contribution in [0.3, 0.4) is 0 Å². The number of carbonyl (C=O) groups is 1. The van der Waals surface area contributed by atoms with Crippen molar-refractivity contribution >= 4 is 60.8 Å². The number of carbonyl (C=O) groups excluding carboxylic acids is 1. The molecule has 3 aromatic rings. The molecule has 1 N–H and O–H groups in total. The van der Waals surface area contributed by atoms with Crippen molar-refractivity contribution in [3.63, 3.8) is 0 Å². The summed E-state index contributed by atoms with van der Waals surface area (Å²) >= 11 is 4.60. The molecule has 30 heavy (non-hydrogen) atoms. The van der Waals surface area contributed by atoms with E-state index in [-0.39, 0.29) is 29.2 Å². The van der Waals surface area contributed by atoms with Gasteiger partial charge in [0.2, 0.25) is 5.91 Å². The van der Waals surface area contributed by atoms with Crippen LogP contribution in [0.2, 0.25) is 0 Å². The van der Waals surface area contributed by atoms with E-state index in [1.165, 1.54) is 11.8 Å². The highest BCUT2D eigenvalue weighted by Gasteiger charge is 2.29. The van der Waals surface area contributed by atoms with E-state index in [0.29, 0.717) is 23.9 Å². The molecule has 1 aromatic carbocycles. The van der Waals surface area contributed by atoms with Crippen LogP contribution in [0.25, 0.3) is 10.2 Å². The fraction of sp³-hybridized carbons (Fsp3) is 0.444. The molecule has 1 saturated heterocycles. The van der Waals surface area contributed by atoms with Crippen LogP contribution in [0.4, 0.5) is 0 Å². The molecule has 0 spiro atoms. The van der Waals surface area contributed by atoms with Crippen molar-refractivity contribution in [2.75, 3.05) is 17.3 Å². The maximum absolute atomic E-state index is 12.2. The molecule has 0 saturated carbocycles. The standard InChI is InChI=1S/C18H21N5O3S4/c1-2-23-15(9-28-18-20-13-5-3-4-6-14(13)29-18)21-22-17(23)27-10-16(24)19-12-7-8-30(25,26)11-12/h3-6,12H,2,7-11H2,1H3,(H,19,24)/t12-/m0/s1. The van der Waals surface area contributed by atoms with Gasteiger partial charge in [0.25, 0.3) is 0 Å². The monoisotopic (exact) mass is 483 g/mol. The third kappa shape index (κ3) is 5.16. The number of thiazole rings is 1. The molecule has 1 aliphatic heterocycles. The normalized spacial score (nSPS) is 18.1. The van der Waals surface area contributed by atoms with E-state index in [0.717, 1.165) is 20.4 Å². The van der Waals surface area contributed by atoms with Crippen molar-refractivity contribution in [2.45, 2.75) is 41.2 Å². The van der Waals surface area contributed by atoms with E-state index >= 15 is 0 Å². The Morgan fingerprint density at radius 1 is 1.30 bits per heavy atom. The van der Waals surface area contributed by atoms with E-state index in [9.17, 15) is 13.2 Å². The lowest BCUT2D eigenvalue weighted by Gasteiger charge is -2.10. The van der Waals surface area contributed by atoms with Gasteiger partial charge in [0.1, 0.15) is 5.82 Å². The number of sulfone groups is 1. The summed E-state index contributed by atoms with van der Waals surface area (Å²) in [6, 6.07) is 7.77. The molecule has 4 rings (SSSR count). The zero-order valence-corrected chi connectivity index (χ0v) is 19.5. The number of para-hydroxylation sites is 1. The Balaban J connectivity index is 1.33. The molecule has 1 amide bonds. The minimum absolute atomic E-state index is 0.0295. The zero-order valence-electron chi connectivity index (χ0n) is 16.3. The van der Waals surface area contributed by atoms with Crippen molar-refractivity contribution in [3.05, 3.63) is 30.1 Å². The summed E-state index contributed by atoms with van der Waals surface area (Å²) in [7, 11) is -3.01. The summed E-state index contributed by atoms with van der Waals surface area (Å²) in [4.78, 5) is 16.8. The van der Waals surface area contributed by atoms with Crippen LogP contribution in [0.15, 0.2) is 33.8 Å². The summed E-state index contributed by atoms with van der Waals surface area (Å²) < 4.78 is 27.2. The highest BCUT2D eigenvalue weighted by Crippen LogP contribution is 2.31. The van der Waals surface area contributed by atoms with Crippen LogP contribution >= 0.6 is 34.9 Å². The maximum atomic E-state index is 12.2. The third-order valence-corrected chi connectivity index (χ3v) is 9.55. The Kier molecular flexibility index (Phi) is 6.66. The average Bonchev–Trinajstić information content (AvgIpc) is 3.40. The highest BCUT2D eigenvalue weighted by atomic mass is 32.2. The minimum Gasteiger partial charge on any atom is -0.352 e. The lowest BCUT2D eigenvalue weighted by molar-refractivity contribution is -0.119. The minimum atomic E-state index is -3.01. The molecule has 0 aliphatic carbocycles. The van der Waals surface area contributed by atoms with Crippen LogP contribution < -0.4 is 5.32 Å². The van der Waals surface area contributed by atoms with Crippen molar-refractivity contribution in [2.24, 2.45) is 0 Å². The maximum Gasteiger partial charge on any atom is 0.230 e. The molecule has 3 heterocycles. The van der Waals surface area contributed by atoms with Crippen molar-refractivity contribution < 1.29 is 13.2 Å². The molecule has 0 unspecified atom stereocenters. The second-order valence-electron chi connectivity index (χ2n) is 6.84. The number of benzene rings is 1. The van der Waals surface area contributed by atoms with Crippen LogP contribution in [-0.4, -0.2) is 57.4 Å². The van der Waals surface area contributed by atoms with Crippen molar-refractivity contribution in [1.29, 1.82) is 0 Å². The first-order valence-corrected chi connectivity index (χ1v) is 14.1. The van der Waals surface area contributed by atoms with E-state index in [2.05, 4.69) is 26.6 Å². The number of nitrogens with zero attached hydrogens (tertiary/aromatic N) is 4. The molecular weight excluding hydrogens is 462 g/mol. The summed E-state index contributed by atoms with van der Waals surface area (Å²) in [5.74, 6) is 1.66. The van der Waals surface area contributed by atoms with Crippen LogP contribution in [-0.2, 0) is 26.9 Å². The number of amides is 1. The molecule has 0 bridgehead atoms. The second-order valence-corrected chi connectivity index (χ2v) is 12.3. The summed E-state index contributed by atoms with van der Waals surface area (Å²) in [5.41, 5.74) is 0.999. The number of hydrogen-bond donors (Lipinski definition) is 1. The fourth-order valence-electron chi connectivity index (χ4n) is 3.20. The Morgan fingerprint density at radius 2 is 2.13 bits per heavy atom. The summed E-state index contributed by atoms with van der Waals surface area (Å²) in [6.07, 6.45) is 0.483. The number of hydrogen-bond acceptors (Lipinski definition) is 9. The zero-order chi connectivity index (χ0) is 21.1. The molecule has 1 aliphatic rings. The van der Waals surface area contributed by atoms with Gasteiger partial charge in [-0.15, -0.1) is 21.5 Å². The summed E-state index contributed by atoms with van der Waals surface area (Å²) in [6.45, 7) is 2.72. The van der Waals surface area contributed by atoms with Crippen LogP contribution in [0.1, 0.15) is 19.2 Å². The molecule has 160 valence electrons. The lowest BCUT2D eigenvalue weighted by Crippen LogP contribution is -2.36. The molecular formula is C18H21N5O3S4. The van der Waals surface area contributed by atoms with Gasteiger partial charge in [-0.25, -0.2) is 13.4 Å². The first-order chi connectivity index (χ1) is 14.4. The third-order valence-electron chi connectivity index (χ3n) is 4.64. The van der Waals surface area contributed by atoms with Gasteiger partial charge < -0.3 is 9.88 Å². The van der Waals surface area contributed by atoms with Crippen molar-refractivity contribution in [3.8, 4) is 0 Å². The van der Waals surface area contributed by atoms with E-state index in [1.807, 2.05) is 29.7 Å².